The molecular formula is C13H16Br2O4S. The van der Waals surface area contributed by atoms with E-state index in [-0.39, 0.29) is 30.0 Å². The summed E-state index contributed by atoms with van der Waals surface area (Å²) in [5.74, 6) is -0.506. The van der Waals surface area contributed by atoms with Crippen molar-refractivity contribution < 1.29 is 19.7 Å². The summed E-state index contributed by atoms with van der Waals surface area (Å²) in [5, 5.41) is 20.3. The fourth-order valence-electron chi connectivity index (χ4n) is 1.68. The molecule has 0 aliphatic heterocycles. The summed E-state index contributed by atoms with van der Waals surface area (Å²) < 4.78 is 6.18. The largest absolute Gasteiger partial charge is 0.506 e. The smallest absolute Gasteiger partial charge is 0.315 e. The van der Waals surface area contributed by atoms with E-state index >= 15 is 0 Å². The zero-order valence-corrected chi connectivity index (χ0v) is 14.9. The van der Waals surface area contributed by atoms with Gasteiger partial charge in [-0.25, -0.2) is 0 Å². The lowest BCUT2D eigenvalue weighted by atomic mass is 9.94. The number of hydrogen-bond donors (Lipinski definition) is 3. The molecule has 1 rings (SSSR count). The fraction of sp³-hybridized carbons (Fsp3) is 0.462. The van der Waals surface area contributed by atoms with Crippen LogP contribution in [0.1, 0.15) is 25.0 Å². The number of aliphatic hydroxyl groups excluding tert-OH is 1. The van der Waals surface area contributed by atoms with Gasteiger partial charge < -0.3 is 14.9 Å². The monoisotopic (exact) mass is 426 g/mol. The predicted molar refractivity (Wildman–Crippen MR) is 87.1 cm³/mol. The molecule has 7 heteroatoms. The van der Waals surface area contributed by atoms with Crippen LogP contribution in [0.5, 0.6) is 5.75 Å². The van der Waals surface area contributed by atoms with E-state index in [9.17, 15) is 15.0 Å². The van der Waals surface area contributed by atoms with E-state index in [0.29, 0.717) is 16.5 Å². The second kappa shape index (κ2) is 8.26. The van der Waals surface area contributed by atoms with Gasteiger partial charge in [-0.05, 0) is 40.4 Å². The van der Waals surface area contributed by atoms with Gasteiger partial charge in [-0.3, -0.25) is 4.79 Å². The van der Waals surface area contributed by atoms with E-state index in [1.807, 2.05) is 6.92 Å². The van der Waals surface area contributed by atoms with Crippen LogP contribution >= 0.6 is 44.5 Å². The van der Waals surface area contributed by atoms with E-state index in [2.05, 4.69) is 44.5 Å². The van der Waals surface area contributed by atoms with Gasteiger partial charge in [-0.1, -0.05) is 22.9 Å². The summed E-state index contributed by atoms with van der Waals surface area (Å²) in [6.45, 7) is 2.04. The highest BCUT2D eigenvalue weighted by Gasteiger charge is 2.21. The Balaban J connectivity index is 2.69. The SMILES string of the molecule is C[C@@H](CCOC(=O)CS)[C@@H](O)c1cc(Br)cc(Br)c1O. The van der Waals surface area contributed by atoms with Crippen molar-refractivity contribution in [1.82, 2.24) is 0 Å². The molecule has 0 aromatic heterocycles. The number of esters is 1. The molecule has 2 atom stereocenters. The molecule has 0 bridgehead atoms. The number of halogens is 2. The Morgan fingerprint density at radius 1 is 1.45 bits per heavy atom. The number of aromatic hydroxyl groups is 1. The zero-order valence-electron chi connectivity index (χ0n) is 10.8. The first-order valence-corrected chi connectivity index (χ1v) is 8.21. The third-order valence-corrected chi connectivity index (χ3v) is 4.20. The average molecular weight is 428 g/mol. The quantitative estimate of drug-likeness (QED) is 0.480. The Kier molecular flexibility index (Phi) is 7.36. The number of ether oxygens (including phenoxy) is 1. The van der Waals surface area contributed by atoms with Gasteiger partial charge in [0.05, 0.1) is 22.9 Å². The lowest BCUT2D eigenvalue weighted by molar-refractivity contribution is -0.141. The van der Waals surface area contributed by atoms with Crippen LogP contribution in [0.2, 0.25) is 0 Å². The summed E-state index contributed by atoms with van der Waals surface area (Å²) >= 11 is 10.3. The molecule has 0 saturated carbocycles. The number of phenols is 1. The van der Waals surface area contributed by atoms with Gasteiger partial charge in [0.15, 0.2) is 0 Å². The molecule has 1 aromatic carbocycles. The Morgan fingerprint density at radius 3 is 2.70 bits per heavy atom. The third-order valence-electron chi connectivity index (χ3n) is 2.88. The minimum atomic E-state index is -0.849. The van der Waals surface area contributed by atoms with Crippen LogP contribution < -0.4 is 0 Å². The number of hydrogen-bond acceptors (Lipinski definition) is 5. The van der Waals surface area contributed by atoms with Gasteiger partial charge in [0.25, 0.3) is 0 Å². The molecule has 112 valence electrons. The molecule has 2 N–H and O–H groups in total. The van der Waals surface area contributed by atoms with Crippen molar-refractivity contribution in [1.29, 1.82) is 0 Å². The summed E-state index contributed by atoms with van der Waals surface area (Å²) in [4.78, 5) is 11.0. The van der Waals surface area contributed by atoms with Gasteiger partial charge in [-0.15, -0.1) is 0 Å². The highest BCUT2D eigenvalue weighted by atomic mass is 79.9. The molecule has 0 amide bonds. The van der Waals surface area contributed by atoms with Crippen molar-refractivity contribution in [3.63, 3.8) is 0 Å². The van der Waals surface area contributed by atoms with E-state index in [1.54, 1.807) is 12.1 Å². The van der Waals surface area contributed by atoms with Gasteiger partial charge in [0.2, 0.25) is 0 Å². The molecule has 20 heavy (non-hydrogen) atoms. The first-order valence-electron chi connectivity index (χ1n) is 5.99. The molecule has 0 saturated heterocycles. The van der Waals surface area contributed by atoms with Crippen LogP contribution in [0.4, 0.5) is 0 Å². The molecule has 0 unspecified atom stereocenters. The van der Waals surface area contributed by atoms with Crippen molar-refractivity contribution in [2.75, 3.05) is 12.4 Å². The number of phenolic OH excluding ortho intramolecular Hbond substituents is 1. The lowest BCUT2D eigenvalue weighted by Crippen LogP contribution is -2.14. The Hall–Kier alpha value is -0.240. The number of carbonyl (C=O) groups is 1. The zero-order chi connectivity index (χ0) is 15.3. The van der Waals surface area contributed by atoms with Crippen molar-refractivity contribution in [2.45, 2.75) is 19.4 Å². The number of carbonyl (C=O) groups excluding carboxylic acids is 1. The summed E-state index contributed by atoms with van der Waals surface area (Å²) in [6, 6.07) is 3.37. The molecule has 0 fully saturated rings. The van der Waals surface area contributed by atoms with E-state index in [1.165, 1.54) is 0 Å². The van der Waals surface area contributed by atoms with Gasteiger partial charge in [0, 0.05) is 10.0 Å². The Labute approximate surface area is 140 Å². The normalized spacial score (nSPS) is 13.8. The molecule has 0 aliphatic carbocycles. The molecule has 1 aromatic rings. The minimum absolute atomic E-state index is 0.0138. The Morgan fingerprint density at radius 2 is 2.10 bits per heavy atom. The first-order chi connectivity index (χ1) is 9.36. The highest BCUT2D eigenvalue weighted by molar-refractivity contribution is 9.11. The average Bonchev–Trinajstić information content (AvgIpc) is 2.41. The molecular weight excluding hydrogens is 412 g/mol. The first kappa shape index (κ1) is 17.8. The van der Waals surface area contributed by atoms with Crippen LogP contribution in [0, 0.1) is 5.92 Å². The maximum absolute atomic E-state index is 11.0. The maximum atomic E-state index is 11.0. The van der Waals surface area contributed by atoms with Crippen molar-refractivity contribution in [2.24, 2.45) is 5.92 Å². The van der Waals surface area contributed by atoms with Crippen molar-refractivity contribution >= 4 is 50.5 Å². The second-order valence-corrected chi connectivity index (χ2v) is 6.50. The summed E-state index contributed by atoms with van der Waals surface area (Å²) in [7, 11) is 0. The molecule has 4 nitrogen and oxygen atoms in total. The Bertz CT molecular complexity index is 482. The number of benzene rings is 1. The number of rotatable bonds is 6. The molecule has 0 aliphatic rings. The minimum Gasteiger partial charge on any atom is -0.506 e. The van der Waals surface area contributed by atoms with Crippen LogP contribution in [-0.2, 0) is 9.53 Å². The third kappa shape index (κ3) is 4.95. The van der Waals surface area contributed by atoms with E-state index in [4.69, 9.17) is 4.74 Å². The summed E-state index contributed by atoms with van der Waals surface area (Å²) in [6.07, 6.45) is -0.358. The number of aliphatic hydroxyl groups is 1. The molecule has 0 radical (unpaired) electrons. The summed E-state index contributed by atoms with van der Waals surface area (Å²) in [5.41, 5.74) is 0.430. The van der Waals surface area contributed by atoms with Crippen molar-refractivity contribution in [3.8, 4) is 5.75 Å². The standard InChI is InChI=1S/C13H16Br2O4S/c1-7(2-3-19-11(16)6-20)12(17)9-4-8(14)5-10(15)13(9)18/h4-5,7,12,17-18,20H,2-3,6H2,1H3/t7-,12+/m0/s1. The number of thiol groups is 1. The lowest BCUT2D eigenvalue weighted by Gasteiger charge is -2.20. The maximum Gasteiger partial charge on any atom is 0.315 e. The van der Waals surface area contributed by atoms with E-state index < -0.39 is 6.10 Å². The van der Waals surface area contributed by atoms with Crippen LogP contribution in [0.3, 0.4) is 0 Å². The van der Waals surface area contributed by atoms with Crippen LogP contribution in [0.15, 0.2) is 21.1 Å². The van der Waals surface area contributed by atoms with E-state index in [0.717, 1.165) is 4.47 Å². The topological polar surface area (TPSA) is 66.8 Å². The molecule has 0 spiro atoms. The predicted octanol–water partition coefficient (Wildman–Crippen LogP) is 3.45. The molecule has 0 heterocycles. The van der Waals surface area contributed by atoms with Crippen molar-refractivity contribution in [3.05, 3.63) is 26.6 Å². The van der Waals surface area contributed by atoms with Crippen LogP contribution in [-0.4, -0.2) is 28.5 Å². The fourth-order valence-corrected chi connectivity index (χ4v) is 3.03. The highest BCUT2D eigenvalue weighted by Crippen LogP contribution is 2.38. The second-order valence-electron chi connectivity index (χ2n) is 4.41. The van der Waals surface area contributed by atoms with Gasteiger partial charge >= 0.3 is 5.97 Å². The van der Waals surface area contributed by atoms with Crippen LogP contribution in [0.25, 0.3) is 0 Å². The van der Waals surface area contributed by atoms with Gasteiger partial charge in [-0.2, -0.15) is 12.6 Å². The van der Waals surface area contributed by atoms with Gasteiger partial charge in [0.1, 0.15) is 5.75 Å².